The van der Waals surface area contributed by atoms with E-state index < -0.39 is 0 Å². The van der Waals surface area contributed by atoms with E-state index in [1.165, 1.54) is 42.3 Å². The molecule has 126 valence electrons. The highest BCUT2D eigenvalue weighted by Crippen LogP contribution is 2.31. The molecule has 4 heterocycles. The average molecular weight is 344 g/mol. The Hall–Kier alpha value is -1.55. The number of hydrogen-bond donors (Lipinski definition) is 0. The molecule has 1 aromatic heterocycles. The van der Waals surface area contributed by atoms with Gasteiger partial charge >= 0.3 is 0 Å². The minimum absolute atomic E-state index is 0. The van der Waals surface area contributed by atoms with Crippen molar-refractivity contribution in [2.24, 2.45) is 5.92 Å². The second kappa shape index (κ2) is 6.40. The molecule has 3 fully saturated rings. The minimum Gasteiger partial charge on any atom is -0.456 e. The number of halogens is 1. The maximum atomic E-state index is 6.24. The van der Waals surface area contributed by atoms with E-state index in [4.69, 9.17) is 9.15 Å². The van der Waals surface area contributed by atoms with Gasteiger partial charge in [0.1, 0.15) is 11.2 Å². The molecule has 24 heavy (non-hydrogen) atoms. The van der Waals surface area contributed by atoms with Crippen LogP contribution >= 0.6 is 12.4 Å². The topological polar surface area (TPSA) is 25.6 Å². The number of ether oxygens (including phenoxy) is 1. The predicted octanol–water partition coefficient (Wildman–Crippen LogP) is 4.62. The number of para-hydroxylation sites is 1. The van der Waals surface area contributed by atoms with Crippen molar-refractivity contribution < 1.29 is 9.15 Å². The molecule has 2 bridgehead atoms. The van der Waals surface area contributed by atoms with Gasteiger partial charge in [0.25, 0.3) is 0 Å². The van der Waals surface area contributed by atoms with Gasteiger partial charge in [-0.3, -0.25) is 0 Å². The van der Waals surface area contributed by atoms with Crippen molar-refractivity contribution in [1.29, 1.82) is 0 Å². The Bertz CT molecular complexity index is 851. The van der Waals surface area contributed by atoms with Crippen LogP contribution < -0.4 is 0 Å². The molecule has 1 unspecified atom stereocenters. The van der Waals surface area contributed by atoms with Crippen LogP contribution in [0.2, 0.25) is 0 Å². The Kier molecular flexibility index (Phi) is 4.25. The van der Waals surface area contributed by atoms with Crippen LogP contribution in [0.4, 0.5) is 0 Å². The molecule has 3 aliphatic rings. The van der Waals surface area contributed by atoms with Crippen LogP contribution in [-0.4, -0.2) is 30.6 Å². The Morgan fingerprint density at radius 2 is 1.79 bits per heavy atom. The first-order chi connectivity index (χ1) is 11.4. The standard InChI is InChI=1S/C20H21NO2.ClH/c1-2-4-18-16(3-1)17-6-5-14(11-19(17)23-18)13-22-20-12-21-9-7-15(20)8-10-21;/h1-6,11,15,20H,7-10,12-13H2;1H. The Morgan fingerprint density at radius 3 is 2.58 bits per heavy atom. The summed E-state index contributed by atoms with van der Waals surface area (Å²) in [5, 5.41) is 2.37. The van der Waals surface area contributed by atoms with Crippen molar-refractivity contribution in [2.45, 2.75) is 25.6 Å². The number of furan rings is 1. The highest BCUT2D eigenvalue weighted by atomic mass is 35.5. The summed E-state index contributed by atoms with van der Waals surface area (Å²) in [5.74, 6) is 0.759. The van der Waals surface area contributed by atoms with Gasteiger partial charge in [-0.25, -0.2) is 0 Å². The van der Waals surface area contributed by atoms with Gasteiger partial charge in [-0.05, 0) is 49.5 Å². The number of nitrogens with zero attached hydrogens (tertiary/aromatic N) is 1. The molecule has 0 radical (unpaired) electrons. The molecule has 3 aliphatic heterocycles. The van der Waals surface area contributed by atoms with E-state index in [0.29, 0.717) is 12.7 Å². The van der Waals surface area contributed by atoms with Gasteiger partial charge < -0.3 is 14.1 Å². The molecule has 3 saturated heterocycles. The van der Waals surface area contributed by atoms with Gasteiger partial charge in [0.2, 0.25) is 0 Å². The first-order valence-corrected chi connectivity index (χ1v) is 8.61. The van der Waals surface area contributed by atoms with Crippen LogP contribution in [0.1, 0.15) is 18.4 Å². The normalized spacial score (nSPS) is 25.9. The predicted molar refractivity (Wildman–Crippen MR) is 98.7 cm³/mol. The maximum absolute atomic E-state index is 6.24. The third-order valence-corrected chi connectivity index (χ3v) is 5.50. The zero-order chi connectivity index (χ0) is 15.2. The zero-order valence-corrected chi connectivity index (χ0v) is 14.4. The molecule has 0 aliphatic carbocycles. The van der Waals surface area contributed by atoms with Crippen molar-refractivity contribution >= 4 is 34.3 Å². The third-order valence-electron chi connectivity index (χ3n) is 5.50. The molecule has 2 aromatic carbocycles. The molecular weight excluding hydrogens is 322 g/mol. The van der Waals surface area contributed by atoms with E-state index in [0.717, 1.165) is 23.6 Å². The molecular formula is C20H22ClNO2. The van der Waals surface area contributed by atoms with E-state index >= 15 is 0 Å². The SMILES string of the molecule is Cl.c1ccc2c(c1)oc1cc(COC3CN4CCC3CC4)ccc12. The fourth-order valence-corrected chi connectivity index (χ4v) is 4.16. The number of hydrogen-bond acceptors (Lipinski definition) is 3. The summed E-state index contributed by atoms with van der Waals surface area (Å²) in [6, 6.07) is 14.7. The van der Waals surface area contributed by atoms with E-state index in [2.05, 4.69) is 35.2 Å². The second-order valence-corrected chi connectivity index (χ2v) is 6.92. The molecule has 4 heteroatoms. The molecule has 0 amide bonds. The van der Waals surface area contributed by atoms with Crippen LogP contribution in [0.5, 0.6) is 0 Å². The second-order valence-electron chi connectivity index (χ2n) is 6.92. The van der Waals surface area contributed by atoms with Crippen LogP contribution in [-0.2, 0) is 11.3 Å². The molecule has 3 aromatic rings. The summed E-state index contributed by atoms with van der Waals surface area (Å²) >= 11 is 0. The molecule has 0 saturated carbocycles. The van der Waals surface area contributed by atoms with Crippen LogP contribution in [0.3, 0.4) is 0 Å². The summed E-state index contributed by atoms with van der Waals surface area (Å²) in [6.45, 7) is 4.31. The summed E-state index contributed by atoms with van der Waals surface area (Å²) in [4.78, 5) is 2.53. The lowest BCUT2D eigenvalue weighted by Gasteiger charge is -2.44. The van der Waals surface area contributed by atoms with E-state index in [-0.39, 0.29) is 12.4 Å². The Labute approximate surface area is 148 Å². The highest BCUT2D eigenvalue weighted by Gasteiger charge is 2.34. The summed E-state index contributed by atoms with van der Waals surface area (Å²) in [6.07, 6.45) is 3.00. The van der Waals surface area contributed by atoms with Gasteiger partial charge in [-0.1, -0.05) is 30.3 Å². The van der Waals surface area contributed by atoms with E-state index in [1.807, 2.05) is 12.1 Å². The fourth-order valence-electron chi connectivity index (χ4n) is 4.16. The minimum atomic E-state index is 0. The molecule has 0 spiro atoms. The largest absolute Gasteiger partial charge is 0.456 e. The third kappa shape index (κ3) is 2.71. The molecule has 1 atom stereocenters. The monoisotopic (exact) mass is 343 g/mol. The number of rotatable bonds is 3. The van der Waals surface area contributed by atoms with Crippen LogP contribution in [0.15, 0.2) is 46.9 Å². The summed E-state index contributed by atoms with van der Waals surface area (Å²) in [5.41, 5.74) is 3.12. The van der Waals surface area contributed by atoms with Crippen molar-refractivity contribution in [3.05, 3.63) is 48.0 Å². The van der Waals surface area contributed by atoms with Gasteiger partial charge in [-0.2, -0.15) is 0 Å². The maximum Gasteiger partial charge on any atom is 0.135 e. The first kappa shape index (κ1) is 15.9. The zero-order valence-electron chi connectivity index (χ0n) is 13.6. The van der Waals surface area contributed by atoms with Gasteiger partial charge in [0.15, 0.2) is 0 Å². The Morgan fingerprint density at radius 1 is 1.00 bits per heavy atom. The Balaban J connectivity index is 0.00000146. The molecule has 6 rings (SSSR count). The lowest BCUT2D eigenvalue weighted by atomic mass is 9.86. The summed E-state index contributed by atoms with van der Waals surface area (Å²) in [7, 11) is 0. The number of piperidine rings is 3. The van der Waals surface area contributed by atoms with E-state index in [1.54, 1.807) is 0 Å². The number of fused-ring (bicyclic) bond motifs is 6. The van der Waals surface area contributed by atoms with Crippen molar-refractivity contribution in [1.82, 2.24) is 4.90 Å². The lowest BCUT2D eigenvalue weighted by Crippen LogP contribution is -2.51. The molecule has 3 nitrogen and oxygen atoms in total. The van der Waals surface area contributed by atoms with Crippen molar-refractivity contribution in [2.75, 3.05) is 19.6 Å². The molecule has 0 N–H and O–H groups in total. The van der Waals surface area contributed by atoms with Gasteiger partial charge in [-0.15, -0.1) is 12.4 Å². The van der Waals surface area contributed by atoms with Gasteiger partial charge in [0.05, 0.1) is 12.7 Å². The van der Waals surface area contributed by atoms with Gasteiger partial charge in [0, 0.05) is 17.3 Å². The highest BCUT2D eigenvalue weighted by molar-refractivity contribution is 6.04. The fraction of sp³-hybridized carbons (Fsp3) is 0.400. The summed E-state index contributed by atoms with van der Waals surface area (Å²) < 4.78 is 12.2. The van der Waals surface area contributed by atoms with Crippen LogP contribution in [0, 0.1) is 5.92 Å². The first-order valence-electron chi connectivity index (χ1n) is 8.61. The van der Waals surface area contributed by atoms with Crippen molar-refractivity contribution in [3.63, 3.8) is 0 Å². The number of benzene rings is 2. The quantitative estimate of drug-likeness (QED) is 0.694. The van der Waals surface area contributed by atoms with Crippen LogP contribution in [0.25, 0.3) is 21.9 Å². The van der Waals surface area contributed by atoms with E-state index in [9.17, 15) is 0 Å². The van der Waals surface area contributed by atoms with Crippen molar-refractivity contribution in [3.8, 4) is 0 Å². The smallest absolute Gasteiger partial charge is 0.135 e. The average Bonchev–Trinajstić information content (AvgIpc) is 2.99. The lowest BCUT2D eigenvalue weighted by molar-refractivity contribution is -0.0765.